The van der Waals surface area contributed by atoms with E-state index in [1.807, 2.05) is 6.92 Å². The van der Waals surface area contributed by atoms with E-state index in [-0.39, 0.29) is 11.3 Å². The van der Waals surface area contributed by atoms with Crippen molar-refractivity contribution in [2.24, 2.45) is 5.41 Å². The maximum atomic E-state index is 12.2. The van der Waals surface area contributed by atoms with Crippen molar-refractivity contribution >= 4 is 5.91 Å². The largest absolute Gasteiger partial charge is 0.386 e. The molecular formula is C11H20N2O2. The molecule has 2 rings (SSSR count). The SMILES string of the molecule is CC1(O)CN(C(=O)C2(C)CCCNC2)C1. The van der Waals surface area contributed by atoms with Crippen LogP contribution in [0.4, 0.5) is 0 Å². The summed E-state index contributed by atoms with van der Waals surface area (Å²) in [5, 5.41) is 12.9. The molecule has 2 aliphatic heterocycles. The van der Waals surface area contributed by atoms with Crippen molar-refractivity contribution in [3.05, 3.63) is 0 Å². The van der Waals surface area contributed by atoms with E-state index >= 15 is 0 Å². The Labute approximate surface area is 90.6 Å². The van der Waals surface area contributed by atoms with Crippen LogP contribution in [0.2, 0.25) is 0 Å². The Balaban J connectivity index is 1.96. The molecule has 15 heavy (non-hydrogen) atoms. The summed E-state index contributed by atoms with van der Waals surface area (Å²) in [5.74, 6) is 0.196. The van der Waals surface area contributed by atoms with Gasteiger partial charge in [0.05, 0.1) is 24.1 Å². The minimum absolute atomic E-state index is 0.196. The Hall–Kier alpha value is -0.610. The Morgan fingerprint density at radius 2 is 2.07 bits per heavy atom. The number of rotatable bonds is 1. The van der Waals surface area contributed by atoms with Gasteiger partial charge in [-0.25, -0.2) is 0 Å². The van der Waals surface area contributed by atoms with Crippen LogP contribution >= 0.6 is 0 Å². The molecule has 0 spiro atoms. The van der Waals surface area contributed by atoms with Crippen molar-refractivity contribution in [1.82, 2.24) is 10.2 Å². The highest BCUT2D eigenvalue weighted by Gasteiger charge is 2.46. The Bertz CT molecular complexity index is 262. The van der Waals surface area contributed by atoms with Gasteiger partial charge in [0.15, 0.2) is 0 Å². The number of β-amino-alcohol motifs (C(OH)–C–C–N with tert-alkyl or cyclic N) is 1. The van der Waals surface area contributed by atoms with Crippen molar-refractivity contribution < 1.29 is 9.90 Å². The van der Waals surface area contributed by atoms with Gasteiger partial charge in [-0.15, -0.1) is 0 Å². The zero-order valence-corrected chi connectivity index (χ0v) is 9.55. The minimum atomic E-state index is -0.659. The number of nitrogens with zero attached hydrogens (tertiary/aromatic N) is 1. The van der Waals surface area contributed by atoms with Crippen molar-refractivity contribution in [3.8, 4) is 0 Å². The molecule has 0 bridgehead atoms. The first-order valence-electron chi connectivity index (χ1n) is 5.66. The van der Waals surface area contributed by atoms with Gasteiger partial charge >= 0.3 is 0 Å². The first-order chi connectivity index (χ1) is 6.93. The number of carbonyl (C=O) groups is 1. The second-order valence-electron chi connectivity index (χ2n) is 5.50. The predicted molar refractivity (Wildman–Crippen MR) is 57.4 cm³/mol. The summed E-state index contributed by atoms with van der Waals surface area (Å²) in [4.78, 5) is 13.9. The van der Waals surface area contributed by atoms with Gasteiger partial charge in [0.25, 0.3) is 0 Å². The zero-order chi connectivity index (χ0) is 11.1. The Kier molecular flexibility index (Phi) is 2.51. The van der Waals surface area contributed by atoms with Gasteiger partial charge in [0.1, 0.15) is 0 Å². The number of nitrogens with one attached hydrogen (secondary N) is 1. The Morgan fingerprint density at radius 1 is 1.40 bits per heavy atom. The van der Waals surface area contributed by atoms with E-state index < -0.39 is 5.60 Å². The van der Waals surface area contributed by atoms with Crippen LogP contribution in [0, 0.1) is 5.41 Å². The van der Waals surface area contributed by atoms with Crippen LogP contribution in [-0.2, 0) is 4.79 Å². The summed E-state index contributed by atoms with van der Waals surface area (Å²) < 4.78 is 0. The highest BCUT2D eigenvalue weighted by Crippen LogP contribution is 2.32. The number of aliphatic hydroxyl groups is 1. The third-order valence-electron chi connectivity index (χ3n) is 3.46. The van der Waals surface area contributed by atoms with Gasteiger partial charge < -0.3 is 15.3 Å². The summed E-state index contributed by atoms with van der Waals surface area (Å²) in [6.07, 6.45) is 2.02. The van der Waals surface area contributed by atoms with Gasteiger partial charge in [0, 0.05) is 6.54 Å². The second-order valence-corrected chi connectivity index (χ2v) is 5.50. The average Bonchev–Trinajstić information content (AvgIpc) is 2.14. The molecule has 1 unspecified atom stereocenters. The molecule has 0 aromatic heterocycles. The lowest BCUT2D eigenvalue weighted by atomic mass is 9.79. The topological polar surface area (TPSA) is 52.6 Å². The Morgan fingerprint density at radius 3 is 2.53 bits per heavy atom. The highest BCUT2D eigenvalue weighted by atomic mass is 16.3. The van der Waals surface area contributed by atoms with E-state index in [4.69, 9.17) is 0 Å². The lowest BCUT2D eigenvalue weighted by Crippen LogP contribution is -2.65. The predicted octanol–water partition coefficient (Wildman–Crippen LogP) is -0.0307. The number of amides is 1. The molecule has 2 N–H and O–H groups in total. The molecule has 2 heterocycles. The number of piperidine rings is 1. The van der Waals surface area contributed by atoms with Crippen LogP contribution in [0.1, 0.15) is 26.7 Å². The summed E-state index contributed by atoms with van der Waals surface area (Å²) in [6, 6.07) is 0. The van der Waals surface area contributed by atoms with Crippen LogP contribution in [0.3, 0.4) is 0 Å². The lowest BCUT2D eigenvalue weighted by molar-refractivity contribution is -0.163. The standard InChI is InChI=1S/C11H20N2O2/c1-10(4-3-5-12-6-10)9(14)13-7-11(2,15)8-13/h12,15H,3-8H2,1-2H3. The van der Waals surface area contributed by atoms with Crippen LogP contribution in [0.25, 0.3) is 0 Å². The maximum absolute atomic E-state index is 12.2. The third kappa shape index (κ3) is 2.01. The quantitative estimate of drug-likeness (QED) is 0.642. The van der Waals surface area contributed by atoms with Gasteiger partial charge in [0.2, 0.25) is 5.91 Å². The van der Waals surface area contributed by atoms with E-state index in [0.717, 1.165) is 25.9 Å². The maximum Gasteiger partial charge on any atom is 0.229 e. The van der Waals surface area contributed by atoms with Gasteiger partial charge in [-0.2, -0.15) is 0 Å². The van der Waals surface area contributed by atoms with Crippen LogP contribution in [0.15, 0.2) is 0 Å². The molecule has 4 nitrogen and oxygen atoms in total. The molecule has 0 aliphatic carbocycles. The summed E-state index contributed by atoms with van der Waals surface area (Å²) in [6.45, 7) is 6.56. The summed E-state index contributed by atoms with van der Waals surface area (Å²) in [7, 11) is 0. The van der Waals surface area contributed by atoms with Gasteiger partial charge in [-0.1, -0.05) is 0 Å². The van der Waals surface area contributed by atoms with Gasteiger partial charge in [-0.05, 0) is 33.2 Å². The van der Waals surface area contributed by atoms with Crippen LogP contribution < -0.4 is 5.32 Å². The molecule has 0 aromatic rings. The van der Waals surface area contributed by atoms with E-state index in [2.05, 4.69) is 5.32 Å². The van der Waals surface area contributed by atoms with E-state index in [0.29, 0.717) is 13.1 Å². The van der Waals surface area contributed by atoms with Crippen LogP contribution in [0.5, 0.6) is 0 Å². The minimum Gasteiger partial charge on any atom is -0.386 e. The molecular weight excluding hydrogens is 192 g/mol. The van der Waals surface area contributed by atoms with Crippen molar-refractivity contribution in [1.29, 1.82) is 0 Å². The molecule has 1 atom stereocenters. The first-order valence-corrected chi connectivity index (χ1v) is 5.66. The summed E-state index contributed by atoms with van der Waals surface area (Å²) in [5.41, 5.74) is -0.914. The number of hydrogen-bond donors (Lipinski definition) is 2. The molecule has 0 radical (unpaired) electrons. The molecule has 0 saturated carbocycles. The number of carbonyl (C=O) groups excluding carboxylic acids is 1. The zero-order valence-electron chi connectivity index (χ0n) is 9.55. The monoisotopic (exact) mass is 212 g/mol. The molecule has 4 heteroatoms. The second kappa shape index (κ2) is 3.46. The average molecular weight is 212 g/mol. The number of likely N-dealkylation sites (tertiary alicyclic amines) is 1. The molecule has 0 aromatic carbocycles. The normalized spacial score (nSPS) is 34.7. The fourth-order valence-electron chi connectivity index (χ4n) is 2.54. The molecule has 2 aliphatic rings. The van der Waals surface area contributed by atoms with Gasteiger partial charge in [-0.3, -0.25) is 4.79 Å². The van der Waals surface area contributed by atoms with E-state index in [1.54, 1.807) is 11.8 Å². The molecule has 1 amide bonds. The highest BCUT2D eigenvalue weighted by molar-refractivity contribution is 5.83. The van der Waals surface area contributed by atoms with E-state index in [9.17, 15) is 9.90 Å². The number of hydrogen-bond acceptors (Lipinski definition) is 3. The fraction of sp³-hybridized carbons (Fsp3) is 0.909. The first kappa shape index (κ1) is 10.9. The van der Waals surface area contributed by atoms with Crippen molar-refractivity contribution in [2.45, 2.75) is 32.3 Å². The molecule has 2 fully saturated rings. The van der Waals surface area contributed by atoms with Crippen molar-refractivity contribution in [2.75, 3.05) is 26.2 Å². The lowest BCUT2D eigenvalue weighted by Gasteiger charge is -2.48. The fourth-order valence-corrected chi connectivity index (χ4v) is 2.54. The third-order valence-corrected chi connectivity index (χ3v) is 3.46. The smallest absolute Gasteiger partial charge is 0.229 e. The molecule has 86 valence electrons. The van der Waals surface area contributed by atoms with E-state index in [1.165, 1.54) is 0 Å². The summed E-state index contributed by atoms with van der Waals surface area (Å²) >= 11 is 0. The molecule has 2 saturated heterocycles. The van der Waals surface area contributed by atoms with Crippen LogP contribution in [-0.4, -0.2) is 47.7 Å². The van der Waals surface area contributed by atoms with Crippen molar-refractivity contribution in [3.63, 3.8) is 0 Å².